The van der Waals surface area contributed by atoms with Crippen LogP contribution in [0.1, 0.15) is 0 Å². The van der Waals surface area contributed by atoms with Crippen LogP contribution in [0.2, 0.25) is 5.02 Å². The maximum absolute atomic E-state index is 6.15. The molecule has 0 aliphatic carbocycles. The first-order chi connectivity index (χ1) is 9.72. The largest absolute Gasteiger partial charge is 0.454 e. The molecule has 4 rings (SSSR count). The minimum Gasteiger partial charge on any atom is -0.454 e. The predicted molar refractivity (Wildman–Crippen MR) is 76.2 cm³/mol. The summed E-state index contributed by atoms with van der Waals surface area (Å²) in [4.78, 5) is 4.53. The van der Waals surface area contributed by atoms with Crippen LogP contribution in [0.4, 0.5) is 5.82 Å². The van der Waals surface area contributed by atoms with Gasteiger partial charge in [-0.2, -0.15) is 0 Å². The van der Waals surface area contributed by atoms with Gasteiger partial charge in [-0.25, -0.2) is 4.98 Å². The van der Waals surface area contributed by atoms with Gasteiger partial charge in [0.15, 0.2) is 11.5 Å². The van der Waals surface area contributed by atoms with Crippen molar-refractivity contribution in [3.63, 3.8) is 0 Å². The topological polar surface area (TPSA) is 61.8 Å². The summed E-state index contributed by atoms with van der Waals surface area (Å²) < 4.78 is 12.4. The van der Waals surface area contributed by atoms with Crippen molar-refractivity contribution in [3.8, 4) is 22.8 Å². The normalized spacial score (nSPS) is 13.1. The lowest BCUT2D eigenvalue weighted by molar-refractivity contribution is 0.174. The third kappa shape index (κ3) is 1.60. The Hall–Kier alpha value is -2.40. The van der Waals surface area contributed by atoms with E-state index in [1.54, 1.807) is 16.7 Å². The summed E-state index contributed by atoms with van der Waals surface area (Å²) in [5.41, 5.74) is 8.49. The van der Waals surface area contributed by atoms with Crippen LogP contribution in [-0.4, -0.2) is 16.2 Å². The average Bonchev–Trinajstić information content (AvgIpc) is 3.03. The van der Waals surface area contributed by atoms with Crippen LogP contribution in [0.5, 0.6) is 11.5 Å². The number of halogens is 1. The number of hydrogen-bond acceptors (Lipinski definition) is 4. The van der Waals surface area contributed by atoms with Gasteiger partial charge in [0.1, 0.15) is 17.2 Å². The molecule has 0 spiro atoms. The second kappa shape index (κ2) is 4.05. The Morgan fingerprint density at radius 3 is 2.90 bits per heavy atom. The highest BCUT2D eigenvalue weighted by Crippen LogP contribution is 2.37. The van der Waals surface area contributed by atoms with Crippen molar-refractivity contribution in [2.75, 3.05) is 12.5 Å². The van der Waals surface area contributed by atoms with Crippen molar-refractivity contribution in [2.45, 2.75) is 0 Å². The van der Waals surface area contributed by atoms with Crippen molar-refractivity contribution in [1.29, 1.82) is 0 Å². The van der Waals surface area contributed by atoms with Crippen molar-refractivity contribution in [2.24, 2.45) is 0 Å². The molecular formula is C14H10ClN3O2. The van der Waals surface area contributed by atoms with E-state index in [-0.39, 0.29) is 6.79 Å². The molecule has 5 nitrogen and oxygen atoms in total. The van der Waals surface area contributed by atoms with Crippen molar-refractivity contribution < 1.29 is 9.47 Å². The Balaban J connectivity index is 1.92. The highest BCUT2D eigenvalue weighted by Gasteiger charge is 2.17. The number of pyridine rings is 1. The van der Waals surface area contributed by atoms with E-state index < -0.39 is 0 Å². The van der Waals surface area contributed by atoms with Gasteiger partial charge in [0.2, 0.25) is 6.79 Å². The summed E-state index contributed by atoms with van der Waals surface area (Å²) in [5.74, 6) is 1.98. The Bertz CT molecular complexity index is 829. The monoisotopic (exact) mass is 287 g/mol. The minimum atomic E-state index is 0.245. The Labute approximate surface area is 119 Å². The van der Waals surface area contributed by atoms with E-state index in [2.05, 4.69) is 4.98 Å². The van der Waals surface area contributed by atoms with Crippen LogP contribution in [-0.2, 0) is 0 Å². The molecule has 2 aromatic heterocycles. The van der Waals surface area contributed by atoms with Crippen LogP contribution >= 0.6 is 11.6 Å². The van der Waals surface area contributed by atoms with Gasteiger partial charge in [0.05, 0.1) is 5.02 Å². The second-order valence-corrected chi connectivity index (χ2v) is 4.93. The number of imidazole rings is 1. The molecule has 0 bridgehead atoms. The minimum absolute atomic E-state index is 0.245. The summed E-state index contributed by atoms with van der Waals surface area (Å²) in [5, 5.41) is 0.610. The van der Waals surface area contributed by atoms with Gasteiger partial charge in [-0.05, 0) is 30.3 Å². The quantitative estimate of drug-likeness (QED) is 0.747. The molecule has 1 aliphatic rings. The zero-order valence-electron chi connectivity index (χ0n) is 10.3. The lowest BCUT2D eigenvalue weighted by Crippen LogP contribution is -1.94. The van der Waals surface area contributed by atoms with Crippen molar-refractivity contribution >= 4 is 23.1 Å². The molecule has 100 valence electrons. The summed E-state index contributed by atoms with van der Waals surface area (Å²) >= 11 is 5.98. The third-order valence-corrected chi connectivity index (χ3v) is 3.49. The van der Waals surface area contributed by atoms with Gasteiger partial charge in [-0.1, -0.05) is 11.6 Å². The lowest BCUT2D eigenvalue weighted by Gasteiger charge is -2.01. The number of ether oxygens (including phenoxy) is 2. The van der Waals surface area contributed by atoms with Gasteiger partial charge in [-0.15, -0.1) is 0 Å². The number of hydrogen-bond donors (Lipinski definition) is 1. The molecule has 20 heavy (non-hydrogen) atoms. The van der Waals surface area contributed by atoms with Crippen molar-refractivity contribution in [3.05, 3.63) is 41.6 Å². The molecule has 6 heteroatoms. The Morgan fingerprint density at radius 1 is 1.15 bits per heavy atom. The standard InChI is InChI=1S/C14H10ClN3O2/c15-9-2-4-12-17-13(14(16)18(12)6-9)8-1-3-10-11(5-8)20-7-19-10/h1-6H,7,16H2. The van der Waals surface area contributed by atoms with Gasteiger partial charge < -0.3 is 15.2 Å². The number of rotatable bonds is 1. The fourth-order valence-electron chi connectivity index (χ4n) is 2.29. The Morgan fingerprint density at radius 2 is 2.00 bits per heavy atom. The van der Waals surface area contributed by atoms with Gasteiger partial charge in [0, 0.05) is 11.8 Å². The van der Waals surface area contributed by atoms with Crippen LogP contribution in [0.3, 0.4) is 0 Å². The van der Waals surface area contributed by atoms with Crippen LogP contribution in [0.15, 0.2) is 36.5 Å². The van der Waals surface area contributed by atoms with Crippen LogP contribution in [0.25, 0.3) is 16.9 Å². The van der Waals surface area contributed by atoms with Gasteiger partial charge >= 0.3 is 0 Å². The number of nitrogen functional groups attached to an aromatic ring is 1. The number of benzene rings is 1. The fourth-order valence-corrected chi connectivity index (χ4v) is 2.45. The maximum atomic E-state index is 6.15. The fraction of sp³-hybridized carbons (Fsp3) is 0.0714. The molecule has 0 atom stereocenters. The molecule has 3 aromatic rings. The number of nitrogens with zero attached hydrogens (tertiary/aromatic N) is 2. The molecule has 0 unspecified atom stereocenters. The molecule has 2 N–H and O–H groups in total. The summed E-state index contributed by atoms with van der Waals surface area (Å²) in [7, 11) is 0. The van der Waals surface area contributed by atoms with E-state index in [0.717, 1.165) is 17.0 Å². The SMILES string of the molecule is Nc1c(-c2ccc3c(c2)OCO3)nc2ccc(Cl)cn12. The Kier molecular flexibility index (Phi) is 2.31. The maximum Gasteiger partial charge on any atom is 0.231 e. The number of fused-ring (bicyclic) bond motifs is 2. The predicted octanol–water partition coefficient (Wildman–Crippen LogP) is 2.97. The first-order valence-corrected chi connectivity index (χ1v) is 6.43. The molecule has 0 fully saturated rings. The summed E-state index contributed by atoms with van der Waals surface area (Å²) in [6.45, 7) is 0.245. The number of nitrogens with two attached hydrogens (primary N) is 1. The number of anilines is 1. The van der Waals surface area contributed by atoms with E-state index in [1.165, 1.54) is 0 Å². The van der Waals surface area contributed by atoms with E-state index in [4.69, 9.17) is 26.8 Å². The van der Waals surface area contributed by atoms with Gasteiger partial charge in [0.25, 0.3) is 0 Å². The summed E-state index contributed by atoms with van der Waals surface area (Å²) in [6.07, 6.45) is 1.75. The number of aromatic nitrogens is 2. The average molecular weight is 288 g/mol. The smallest absolute Gasteiger partial charge is 0.231 e. The molecule has 0 radical (unpaired) electrons. The van der Waals surface area contributed by atoms with E-state index in [1.807, 2.05) is 24.3 Å². The molecular weight excluding hydrogens is 278 g/mol. The highest BCUT2D eigenvalue weighted by atomic mass is 35.5. The molecule has 0 amide bonds. The lowest BCUT2D eigenvalue weighted by atomic mass is 10.1. The molecule has 0 saturated carbocycles. The molecule has 1 aromatic carbocycles. The van der Waals surface area contributed by atoms with Crippen molar-refractivity contribution in [1.82, 2.24) is 9.38 Å². The molecule has 3 heterocycles. The zero-order chi connectivity index (χ0) is 13.7. The van der Waals surface area contributed by atoms with Crippen LogP contribution < -0.4 is 15.2 Å². The van der Waals surface area contributed by atoms with Crippen LogP contribution in [0, 0.1) is 0 Å². The summed E-state index contributed by atoms with van der Waals surface area (Å²) in [6, 6.07) is 9.26. The molecule has 1 aliphatic heterocycles. The molecule has 0 saturated heterocycles. The first kappa shape index (κ1) is 11.4. The highest BCUT2D eigenvalue weighted by molar-refractivity contribution is 6.30. The van der Waals surface area contributed by atoms with E-state index in [9.17, 15) is 0 Å². The zero-order valence-corrected chi connectivity index (χ0v) is 11.1. The second-order valence-electron chi connectivity index (χ2n) is 4.49. The van der Waals surface area contributed by atoms with E-state index in [0.29, 0.717) is 22.3 Å². The first-order valence-electron chi connectivity index (χ1n) is 6.05. The van der Waals surface area contributed by atoms with E-state index >= 15 is 0 Å². The third-order valence-electron chi connectivity index (χ3n) is 3.27. The van der Waals surface area contributed by atoms with Gasteiger partial charge in [-0.3, -0.25) is 4.40 Å².